The molecule has 0 bridgehead atoms. The number of fused-ring (bicyclic) bond motifs is 1. The van der Waals surface area contributed by atoms with Gasteiger partial charge in [0.15, 0.2) is 11.3 Å². The number of aromatic nitrogens is 3. The van der Waals surface area contributed by atoms with Gasteiger partial charge in [-0.25, -0.2) is 9.50 Å². The first-order valence-electron chi connectivity index (χ1n) is 8.39. The Morgan fingerprint density at radius 3 is 2.63 bits per heavy atom. The quantitative estimate of drug-likeness (QED) is 0.732. The molecule has 4 rings (SSSR count). The van der Waals surface area contributed by atoms with Gasteiger partial charge in [0, 0.05) is 29.7 Å². The minimum absolute atomic E-state index is 0.0732. The molecule has 0 amide bonds. The maximum atomic E-state index is 13.7. The Kier molecular flexibility index (Phi) is 4.73. The van der Waals surface area contributed by atoms with Crippen LogP contribution in [0.2, 0.25) is 0 Å². The number of benzene rings is 1. The molecular weight excluding hydrogens is 377 g/mol. The summed E-state index contributed by atoms with van der Waals surface area (Å²) in [7, 11) is 1.53. The number of rotatable bonds is 3. The van der Waals surface area contributed by atoms with E-state index in [1.54, 1.807) is 42.1 Å². The predicted octanol–water partition coefficient (Wildman–Crippen LogP) is 3.80. The van der Waals surface area contributed by atoms with Crippen molar-refractivity contribution in [3.8, 4) is 17.0 Å². The van der Waals surface area contributed by atoms with E-state index in [-0.39, 0.29) is 17.4 Å². The van der Waals surface area contributed by atoms with Gasteiger partial charge in [-0.15, -0.1) is 0 Å². The van der Waals surface area contributed by atoms with E-state index in [0.717, 1.165) is 28.6 Å². The van der Waals surface area contributed by atoms with Crippen molar-refractivity contribution in [3.05, 3.63) is 47.8 Å². The molecule has 5 nitrogen and oxygen atoms in total. The second-order valence-electron chi connectivity index (χ2n) is 6.17. The van der Waals surface area contributed by atoms with Crippen LogP contribution in [-0.4, -0.2) is 39.8 Å². The smallest absolute Gasteiger partial charge is 0.433 e. The number of nitrogens with one attached hydrogen (secondary N) is 1. The van der Waals surface area contributed by atoms with Crippen LogP contribution in [0.3, 0.4) is 0 Å². The number of hydrogen-bond donors (Lipinski definition) is 1. The van der Waals surface area contributed by atoms with Gasteiger partial charge in [-0.3, -0.25) is 0 Å². The zero-order valence-electron chi connectivity index (χ0n) is 14.5. The number of hydrogen-bond acceptors (Lipinski definition) is 5. The Morgan fingerprint density at radius 2 is 2.00 bits per heavy atom. The molecule has 0 saturated carbocycles. The molecule has 0 spiro atoms. The summed E-state index contributed by atoms with van der Waals surface area (Å²) in [6.45, 7) is 0.805. The zero-order valence-corrected chi connectivity index (χ0v) is 15.3. The molecule has 1 fully saturated rings. The summed E-state index contributed by atoms with van der Waals surface area (Å²) in [6, 6.07) is 9.36. The van der Waals surface area contributed by atoms with E-state index in [4.69, 9.17) is 4.74 Å². The maximum Gasteiger partial charge on any atom is 0.433 e. The topological polar surface area (TPSA) is 51.5 Å². The van der Waals surface area contributed by atoms with E-state index < -0.39 is 11.9 Å². The van der Waals surface area contributed by atoms with Crippen molar-refractivity contribution in [2.75, 3.05) is 25.2 Å². The first kappa shape index (κ1) is 18.1. The lowest BCUT2D eigenvalue weighted by Gasteiger charge is -2.20. The van der Waals surface area contributed by atoms with Gasteiger partial charge >= 0.3 is 6.18 Å². The average molecular weight is 394 g/mol. The molecule has 1 aromatic carbocycles. The Morgan fingerprint density at radius 1 is 1.22 bits per heavy atom. The van der Waals surface area contributed by atoms with Gasteiger partial charge in [0.25, 0.3) is 0 Å². The van der Waals surface area contributed by atoms with Crippen molar-refractivity contribution in [1.29, 1.82) is 0 Å². The van der Waals surface area contributed by atoms with Gasteiger partial charge in [-0.2, -0.15) is 30.0 Å². The van der Waals surface area contributed by atoms with Crippen LogP contribution in [0.1, 0.15) is 17.4 Å². The summed E-state index contributed by atoms with van der Waals surface area (Å²) in [5.41, 5.74) is 0.746. The Balaban J connectivity index is 1.83. The van der Waals surface area contributed by atoms with Gasteiger partial charge in [-0.05, 0) is 30.3 Å². The maximum absolute atomic E-state index is 13.7. The summed E-state index contributed by atoms with van der Waals surface area (Å²) in [5.74, 6) is 2.39. The summed E-state index contributed by atoms with van der Waals surface area (Å²) in [4.78, 5) is 4.42. The summed E-state index contributed by atoms with van der Waals surface area (Å²) < 4.78 is 47.0. The third kappa shape index (κ3) is 3.61. The van der Waals surface area contributed by atoms with Gasteiger partial charge in [-0.1, -0.05) is 0 Å². The van der Waals surface area contributed by atoms with Gasteiger partial charge in [0.1, 0.15) is 5.75 Å². The lowest BCUT2D eigenvalue weighted by molar-refractivity contribution is -0.142. The number of nitrogens with zero attached hydrogens (tertiary/aromatic N) is 3. The number of ether oxygens (including phenoxy) is 1. The van der Waals surface area contributed by atoms with Crippen molar-refractivity contribution in [3.63, 3.8) is 0 Å². The van der Waals surface area contributed by atoms with Crippen LogP contribution >= 0.6 is 11.8 Å². The summed E-state index contributed by atoms with van der Waals surface area (Å²) >= 11 is 1.75. The zero-order chi connectivity index (χ0) is 19.0. The van der Waals surface area contributed by atoms with Gasteiger partial charge in [0.05, 0.1) is 24.5 Å². The van der Waals surface area contributed by atoms with E-state index >= 15 is 0 Å². The standard InChI is InChI=1S/C18H17F3N4OS/c1-26-12-4-2-11(3-5-12)13-8-16(18(19,20)21)25-17(23-13)9-14(24-25)15-10-27-7-6-22-15/h2-5,8-9,15,22H,6-7,10H2,1H3. The SMILES string of the molecule is COc1ccc(-c2cc(C(F)(F)F)n3nc(C4CSCCN4)cc3n2)cc1. The third-order valence-electron chi connectivity index (χ3n) is 4.40. The molecule has 1 saturated heterocycles. The largest absolute Gasteiger partial charge is 0.497 e. The highest BCUT2D eigenvalue weighted by Crippen LogP contribution is 2.33. The van der Waals surface area contributed by atoms with Crippen molar-refractivity contribution in [1.82, 2.24) is 19.9 Å². The first-order chi connectivity index (χ1) is 13.0. The lowest BCUT2D eigenvalue weighted by Crippen LogP contribution is -2.30. The van der Waals surface area contributed by atoms with E-state index in [1.807, 2.05) is 0 Å². The molecule has 3 aromatic rings. The normalized spacial score (nSPS) is 18.0. The second-order valence-corrected chi connectivity index (χ2v) is 7.32. The first-order valence-corrected chi connectivity index (χ1v) is 9.54. The molecule has 9 heteroatoms. The highest BCUT2D eigenvalue weighted by Gasteiger charge is 2.35. The molecule has 3 heterocycles. The fraction of sp³-hybridized carbons (Fsp3) is 0.333. The Labute approximate surface area is 157 Å². The number of methoxy groups -OCH3 is 1. The molecule has 0 aliphatic carbocycles. The predicted molar refractivity (Wildman–Crippen MR) is 98.0 cm³/mol. The minimum atomic E-state index is -4.54. The molecule has 2 aromatic heterocycles. The second kappa shape index (κ2) is 7.05. The average Bonchev–Trinajstić information content (AvgIpc) is 3.11. The van der Waals surface area contributed by atoms with Gasteiger partial charge in [0.2, 0.25) is 0 Å². The molecule has 1 atom stereocenters. The van der Waals surface area contributed by atoms with Crippen LogP contribution < -0.4 is 10.1 Å². The van der Waals surface area contributed by atoms with Gasteiger partial charge < -0.3 is 10.1 Å². The van der Waals surface area contributed by atoms with E-state index in [2.05, 4.69) is 15.4 Å². The Bertz CT molecular complexity index is 950. The van der Waals surface area contributed by atoms with Crippen LogP contribution in [-0.2, 0) is 6.18 Å². The minimum Gasteiger partial charge on any atom is -0.497 e. The lowest BCUT2D eigenvalue weighted by atomic mass is 10.1. The van der Waals surface area contributed by atoms with Crippen LogP contribution in [0.15, 0.2) is 36.4 Å². The molecule has 142 valence electrons. The van der Waals surface area contributed by atoms with E-state index in [0.29, 0.717) is 17.0 Å². The molecule has 27 heavy (non-hydrogen) atoms. The van der Waals surface area contributed by atoms with Crippen molar-refractivity contribution < 1.29 is 17.9 Å². The molecule has 1 N–H and O–H groups in total. The molecule has 0 radical (unpaired) electrons. The Hall–Kier alpha value is -2.26. The fourth-order valence-electron chi connectivity index (χ4n) is 3.03. The summed E-state index contributed by atoms with van der Waals surface area (Å²) in [5, 5.41) is 7.50. The molecule has 1 aliphatic rings. The molecular formula is C18H17F3N4OS. The summed E-state index contributed by atoms with van der Waals surface area (Å²) in [6.07, 6.45) is -4.54. The highest BCUT2D eigenvalue weighted by molar-refractivity contribution is 7.99. The van der Waals surface area contributed by atoms with Crippen molar-refractivity contribution >= 4 is 17.4 Å². The van der Waals surface area contributed by atoms with Crippen LogP contribution in [0.5, 0.6) is 5.75 Å². The van der Waals surface area contributed by atoms with Crippen LogP contribution in [0.4, 0.5) is 13.2 Å². The monoisotopic (exact) mass is 394 g/mol. The van der Waals surface area contributed by atoms with Crippen LogP contribution in [0, 0.1) is 0 Å². The number of alkyl halides is 3. The number of thioether (sulfide) groups is 1. The van der Waals surface area contributed by atoms with Crippen molar-refractivity contribution in [2.24, 2.45) is 0 Å². The van der Waals surface area contributed by atoms with E-state index in [1.165, 1.54) is 7.11 Å². The third-order valence-corrected chi connectivity index (χ3v) is 5.46. The highest BCUT2D eigenvalue weighted by atomic mass is 32.2. The van der Waals surface area contributed by atoms with Crippen molar-refractivity contribution in [2.45, 2.75) is 12.2 Å². The van der Waals surface area contributed by atoms with Crippen LogP contribution in [0.25, 0.3) is 16.9 Å². The molecule has 1 aliphatic heterocycles. The molecule has 1 unspecified atom stereocenters. The fourth-order valence-corrected chi connectivity index (χ4v) is 3.98. The van der Waals surface area contributed by atoms with E-state index in [9.17, 15) is 13.2 Å². The number of halogens is 3.